The maximum absolute atomic E-state index is 12.8. The van der Waals surface area contributed by atoms with Crippen molar-refractivity contribution in [2.24, 2.45) is 11.7 Å². The Hall–Kier alpha value is -1.32. The number of hydrogen-bond donors (Lipinski definition) is 1. The van der Waals surface area contributed by atoms with Gasteiger partial charge in [-0.05, 0) is 12.2 Å². The van der Waals surface area contributed by atoms with E-state index in [0.29, 0.717) is 12.1 Å². The normalized spacial score (nSPS) is 21.9. The Morgan fingerprint density at radius 3 is 2.77 bits per heavy atom. The Morgan fingerprint density at radius 1 is 1.69 bits per heavy atom. The van der Waals surface area contributed by atoms with Gasteiger partial charge in [0.15, 0.2) is 0 Å². The van der Waals surface area contributed by atoms with Crippen LogP contribution in [0.2, 0.25) is 0 Å². The number of rotatable bonds is 1. The molecule has 3 nitrogen and oxygen atoms in total. The van der Waals surface area contributed by atoms with Crippen molar-refractivity contribution >= 4 is 5.91 Å². The van der Waals surface area contributed by atoms with Crippen LogP contribution >= 0.6 is 0 Å². The van der Waals surface area contributed by atoms with Gasteiger partial charge < -0.3 is 10.6 Å². The lowest BCUT2D eigenvalue weighted by Gasteiger charge is -2.20. The highest BCUT2D eigenvalue weighted by Gasteiger charge is 2.22. The number of carbonyl (C=O) groups is 1. The third-order valence-corrected chi connectivity index (χ3v) is 1.90. The summed E-state index contributed by atoms with van der Waals surface area (Å²) in [6.45, 7) is 0. The van der Waals surface area contributed by atoms with Crippen LogP contribution in [0.4, 0.5) is 4.39 Å². The van der Waals surface area contributed by atoms with Gasteiger partial charge in [-0.15, -0.1) is 0 Å². The number of allylic oxidation sites excluding steroid dienone is 3. The first-order valence-corrected chi connectivity index (χ1v) is 4.05. The molecule has 0 saturated carbocycles. The summed E-state index contributed by atoms with van der Waals surface area (Å²) in [5.74, 6) is -0.991. The molecular formula is C9H13FN2O. The molecule has 0 aromatic rings. The van der Waals surface area contributed by atoms with Crippen LogP contribution in [0.1, 0.15) is 6.42 Å². The van der Waals surface area contributed by atoms with E-state index >= 15 is 0 Å². The summed E-state index contributed by atoms with van der Waals surface area (Å²) >= 11 is 0. The van der Waals surface area contributed by atoms with Crippen LogP contribution in [-0.2, 0) is 4.79 Å². The first-order valence-electron chi connectivity index (χ1n) is 4.05. The summed E-state index contributed by atoms with van der Waals surface area (Å²) in [5.41, 5.74) is 5.88. The quantitative estimate of drug-likeness (QED) is 0.655. The van der Waals surface area contributed by atoms with E-state index in [1.54, 1.807) is 14.1 Å². The fraction of sp³-hybridized carbons (Fsp3) is 0.444. The monoisotopic (exact) mass is 184 g/mol. The van der Waals surface area contributed by atoms with Crippen molar-refractivity contribution in [1.82, 2.24) is 4.90 Å². The molecule has 1 aliphatic rings. The standard InChI is InChI=1S/C9H13FN2O/c1-12(2)9(13)6-3-7(10)5-8(11)4-6/h3,5-6H,4,11H2,1-2H3. The van der Waals surface area contributed by atoms with Crippen LogP contribution in [0.3, 0.4) is 0 Å². The second kappa shape index (κ2) is 3.60. The largest absolute Gasteiger partial charge is 0.402 e. The fourth-order valence-corrected chi connectivity index (χ4v) is 1.28. The Balaban J connectivity index is 2.76. The Bertz CT molecular complexity index is 281. The predicted octanol–water partition coefficient (Wildman–Crippen LogP) is 0.790. The van der Waals surface area contributed by atoms with Gasteiger partial charge >= 0.3 is 0 Å². The average molecular weight is 184 g/mol. The van der Waals surface area contributed by atoms with E-state index in [0.717, 1.165) is 0 Å². The molecular weight excluding hydrogens is 171 g/mol. The topological polar surface area (TPSA) is 46.3 Å². The molecule has 4 heteroatoms. The molecule has 1 amide bonds. The van der Waals surface area contributed by atoms with Gasteiger partial charge in [0.2, 0.25) is 5.91 Å². The highest BCUT2D eigenvalue weighted by molar-refractivity contribution is 5.80. The van der Waals surface area contributed by atoms with Crippen molar-refractivity contribution in [1.29, 1.82) is 0 Å². The molecule has 0 fully saturated rings. The van der Waals surface area contributed by atoms with E-state index in [1.165, 1.54) is 17.1 Å². The molecule has 0 aromatic heterocycles. The van der Waals surface area contributed by atoms with Gasteiger partial charge in [0.1, 0.15) is 5.83 Å². The fourth-order valence-electron chi connectivity index (χ4n) is 1.28. The summed E-state index contributed by atoms with van der Waals surface area (Å²) in [6, 6.07) is 0. The molecule has 0 aliphatic heterocycles. The van der Waals surface area contributed by atoms with Crippen molar-refractivity contribution in [3.63, 3.8) is 0 Å². The molecule has 1 aliphatic carbocycles. The molecule has 13 heavy (non-hydrogen) atoms. The van der Waals surface area contributed by atoms with Crippen molar-refractivity contribution in [3.05, 3.63) is 23.7 Å². The van der Waals surface area contributed by atoms with Gasteiger partial charge in [-0.2, -0.15) is 0 Å². The SMILES string of the molecule is CN(C)C(=O)C1C=C(F)C=C(N)C1. The first kappa shape index (κ1) is 9.77. The highest BCUT2D eigenvalue weighted by atomic mass is 19.1. The number of amides is 1. The number of hydrogen-bond acceptors (Lipinski definition) is 2. The molecule has 0 radical (unpaired) electrons. The second-order valence-corrected chi connectivity index (χ2v) is 3.31. The van der Waals surface area contributed by atoms with Crippen molar-refractivity contribution in [2.45, 2.75) is 6.42 Å². The Kier molecular flexibility index (Phi) is 2.70. The molecule has 1 atom stereocenters. The van der Waals surface area contributed by atoms with Crippen LogP contribution in [-0.4, -0.2) is 24.9 Å². The number of nitrogens with zero attached hydrogens (tertiary/aromatic N) is 1. The van der Waals surface area contributed by atoms with Crippen LogP contribution in [0.5, 0.6) is 0 Å². The Morgan fingerprint density at radius 2 is 2.31 bits per heavy atom. The van der Waals surface area contributed by atoms with E-state index in [4.69, 9.17) is 5.73 Å². The first-order chi connectivity index (χ1) is 6.00. The summed E-state index contributed by atoms with van der Waals surface area (Å²) in [4.78, 5) is 12.9. The van der Waals surface area contributed by atoms with Crippen LogP contribution in [0, 0.1) is 5.92 Å². The van der Waals surface area contributed by atoms with E-state index in [1.807, 2.05) is 0 Å². The van der Waals surface area contributed by atoms with Gasteiger partial charge in [0, 0.05) is 26.2 Å². The summed E-state index contributed by atoms with van der Waals surface area (Å²) in [7, 11) is 3.28. The molecule has 2 N–H and O–H groups in total. The minimum Gasteiger partial charge on any atom is -0.402 e. The molecule has 0 aromatic carbocycles. The maximum Gasteiger partial charge on any atom is 0.229 e. The summed E-state index contributed by atoms with van der Waals surface area (Å²) < 4.78 is 12.8. The predicted molar refractivity (Wildman–Crippen MR) is 48.3 cm³/mol. The van der Waals surface area contributed by atoms with Gasteiger partial charge in [0.05, 0.1) is 5.92 Å². The van der Waals surface area contributed by atoms with Gasteiger partial charge in [-0.1, -0.05) is 0 Å². The minimum absolute atomic E-state index is 0.119. The molecule has 1 rings (SSSR count). The minimum atomic E-state index is -0.444. The lowest BCUT2D eigenvalue weighted by Crippen LogP contribution is -2.30. The van der Waals surface area contributed by atoms with Crippen LogP contribution < -0.4 is 5.73 Å². The van der Waals surface area contributed by atoms with Gasteiger partial charge in [-0.3, -0.25) is 4.79 Å². The van der Waals surface area contributed by atoms with E-state index in [2.05, 4.69) is 0 Å². The zero-order chi connectivity index (χ0) is 10.0. The van der Waals surface area contributed by atoms with Crippen molar-refractivity contribution < 1.29 is 9.18 Å². The molecule has 0 spiro atoms. The summed E-state index contributed by atoms with van der Waals surface area (Å²) in [5, 5.41) is 0. The maximum atomic E-state index is 12.8. The lowest BCUT2D eigenvalue weighted by atomic mass is 9.97. The second-order valence-electron chi connectivity index (χ2n) is 3.31. The Labute approximate surface area is 76.7 Å². The van der Waals surface area contributed by atoms with Crippen molar-refractivity contribution in [3.8, 4) is 0 Å². The zero-order valence-electron chi connectivity index (χ0n) is 7.75. The van der Waals surface area contributed by atoms with E-state index < -0.39 is 11.7 Å². The molecule has 72 valence electrons. The van der Waals surface area contributed by atoms with Crippen LogP contribution in [0.25, 0.3) is 0 Å². The number of halogens is 1. The van der Waals surface area contributed by atoms with Crippen molar-refractivity contribution in [2.75, 3.05) is 14.1 Å². The molecule has 0 heterocycles. The smallest absolute Gasteiger partial charge is 0.229 e. The number of nitrogens with two attached hydrogens (primary N) is 1. The third kappa shape index (κ3) is 2.31. The van der Waals surface area contributed by atoms with Crippen LogP contribution in [0.15, 0.2) is 23.7 Å². The highest BCUT2D eigenvalue weighted by Crippen LogP contribution is 2.21. The molecule has 1 unspecified atom stereocenters. The zero-order valence-corrected chi connectivity index (χ0v) is 7.75. The van der Waals surface area contributed by atoms with Gasteiger partial charge in [-0.25, -0.2) is 4.39 Å². The molecule has 0 bridgehead atoms. The van der Waals surface area contributed by atoms with Gasteiger partial charge in [0.25, 0.3) is 0 Å². The summed E-state index contributed by atoms with van der Waals surface area (Å²) in [6.07, 6.45) is 2.96. The third-order valence-electron chi connectivity index (χ3n) is 1.90. The lowest BCUT2D eigenvalue weighted by molar-refractivity contribution is -0.131. The van der Waals surface area contributed by atoms with E-state index in [9.17, 15) is 9.18 Å². The number of carbonyl (C=O) groups excluding carboxylic acids is 1. The van der Waals surface area contributed by atoms with E-state index in [-0.39, 0.29) is 5.91 Å². The molecule has 0 saturated heterocycles. The average Bonchev–Trinajstić information content (AvgIpc) is 2.01.